The highest BCUT2D eigenvalue weighted by Gasteiger charge is 2.26. The second-order valence-corrected chi connectivity index (χ2v) is 8.84. The summed E-state index contributed by atoms with van der Waals surface area (Å²) in [7, 11) is -3.77. The zero-order valence-corrected chi connectivity index (χ0v) is 16.2. The lowest BCUT2D eigenvalue weighted by Crippen LogP contribution is -2.40. The number of hydrogen-bond donors (Lipinski definition) is 1. The van der Waals surface area contributed by atoms with E-state index in [4.69, 9.17) is 8.94 Å². The van der Waals surface area contributed by atoms with Crippen molar-refractivity contribution in [3.8, 4) is 23.0 Å². The number of hydrogen-bond acceptors (Lipinski definition) is 6. The highest BCUT2D eigenvalue weighted by molar-refractivity contribution is 9.10. The fourth-order valence-corrected chi connectivity index (χ4v) is 3.92. The van der Waals surface area contributed by atoms with Crippen LogP contribution in [0.5, 0.6) is 0 Å². The Bertz CT molecular complexity index is 1000. The van der Waals surface area contributed by atoms with Gasteiger partial charge in [-0.25, -0.2) is 13.1 Å². The lowest BCUT2D eigenvalue weighted by molar-refractivity contribution is 0.395. The summed E-state index contributed by atoms with van der Waals surface area (Å²) in [5.74, 6) is 0.652. The van der Waals surface area contributed by atoms with Gasteiger partial charge in [0.15, 0.2) is 5.76 Å². The Kier molecular flexibility index (Phi) is 4.56. The molecule has 0 aliphatic carbocycles. The third-order valence-electron chi connectivity index (χ3n) is 3.04. The average molecular weight is 426 g/mol. The minimum atomic E-state index is -3.77. The number of furan rings is 1. The van der Waals surface area contributed by atoms with Gasteiger partial charge in [0, 0.05) is 15.6 Å². The van der Waals surface area contributed by atoms with Crippen LogP contribution in [0.25, 0.3) is 23.0 Å². The summed E-state index contributed by atoms with van der Waals surface area (Å²) in [5, 5.41) is 3.70. The summed E-state index contributed by atoms with van der Waals surface area (Å²) < 4.78 is 38.5. The zero-order valence-electron chi connectivity index (χ0n) is 13.8. The third-order valence-corrected chi connectivity index (χ3v) is 5.36. The predicted molar refractivity (Wildman–Crippen MR) is 95.2 cm³/mol. The highest BCUT2D eigenvalue weighted by atomic mass is 79.9. The van der Waals surface area contributed by atoms with Gasteiger partial charge in [0.25, 0.3) is 15.9 Å². The van der Waals surface area contributed by atoms with Crippen molar-refractivity contribution in [1.82, 2.24) is 14.9 Å². The van der Waals surface area contributed by atoms with Crippen LogP contribution in [0.4, 0.5) is 0 Å². The van der Waals surface area contributed by atoms with Crippen LogP contribution in [0.3, 0.4) is 0 Å². The van der Waals surface area contributed by atoms with Crippen molar-refractivity contribution >= 4 is 26.0 Å². The van der Waals surface area contributed by atoms with Gasteiger partial charge in [-0.05, 0) is 45.0 Å². The molecule has 2 aromatic heterocycles. The van der Waals surface area contributed by atoms with Gasteiger partial charge >= 0.3 is 0 Å². The number of halogens is 1. The van der Waals surface area contributed by atoms with Crippen molar-refractivity contribution in [2.75, 3.05) is 0 Å². The lowest BCUT2D eigenvalue weighted by atomic mass is 10.1. The monoisotopic (exact) mass is 425 g/mol. The molecule has 0 spiro atoms. The molecule has 3 rings (SSSR count). The van der Waals surface area contributed by atoms with Crippen LogP contribution >= 0.6 is 15.9 Å². The molecule has 0 amide bonds. The summed E-state index contributed by atoms with van der Waals surface area (Å²) in [6.07, 6.45) is 0. The first-order valence-corrected chi connectivity index (χ1v) is 9.66. The van der Waals surface area contributed by atoms with E-state index in [9.17, 15) is 8.42 Å². The van der Waals surface area contributed by atoms with Crippen LogP contribution in [0.15, 0.2) is 54.9 Å². The van der Waals surface area contributed by atoms with E-state index in [1.165, 1.54) is 12.1 Å². The van der Waals surface area contributed by atoms with Crippen molar-refractivity contribution in [1.29, 1.82) is 0 Å². The van der Waals surface area contributed by atoms with E-state index in [0.29, 0.717) is 5.82 Å². The first-order chi connectivity index (χ1) is 11.7. The Morgan fingerprint density at radius 2 is 1.84 bits per heavy atom. The van der Waals surface area contributed by atoms with E-state index in [1.54, 1.807) is 20.8 Å². The number of rotatable bonds is 4. The van der Waals surface area contributed by atoms with Crippen LogP contribution < -0.4 is 4.72 Å². The molecule has 1 aromatic carbocycles. The Labute approximate surface area is 153 Å². The number of sulfonamides is 1. The smallest absolute Gasteiger partial charge is 0.294 e. The molecule has 0 saturated heterocycles. The maximum Gasteiger partial charge on any atom is 0.294 e. The average Bonchev–Trinajstić information content (AvgIpc) is 3.14. The van der Waals surface area contributed by atoms with Gasteiger partial charge in [-0.2, -0.15) is 4.98 Å². The maximum absolute atomic E-state index is 12.3. The van der Waals surface area contributed by atoms with Gasteiger partial charge in [-0.1, -0.05) is 33.2 Å². The number of nitrogens with zero attached hydrogens (tertiary/aromatic N) is 2. The molecule has 0 atom stereocenters. The predicted octanol–water partition coefficient (Wildman–Crippen LogP) is 3.84. The van der Waals surface area contributed by atoms with E-state index < -0.39 is 15.6 Å². The van der Waals surface area contributed by atoms with Gasteiger partial charge in [-0.15, -0.1) is 0 Å². The summed E-state index contributed by atoms with van der Waals surface area (Å²) in [4.78, 5) is 4.26. The maximum atomic E-state index is 12.3. The molecule has 0 bridgehead atoms. The topological polar surface area (TPSA) is 98.2 Å². The Morgan fingerprint density at radius 1 is 1.12 bits per heavy atom. The fourth-order valence-electron chi connectivity index (χ4n) is 2.11. The molecule has 25 heavy (non-hydrogen) atoms. The molecular formula is C16H16BrN3O4S. The van der Waals surface area contributed by atoms with Gasteiger partial charge in [0.05, 0.1) is 0 Å². The quantitative estimate of drug-likeness (QED) is 0.681. The largest absolute Gasteiger partial charge is 0.438 e. The number of benzene rings is 1. The van der Waals surface area contributed by atoms with Gasteiger partial charge in [0.1, 0.15) is 0 Å². The first kappa shape index (κ1) is 17.8. The molecule has 132 valence electrons. The molecule has 0 unspecified atom stereocenters. The lowest BCUT2D eigenvalue weighted by Gasteiger charge is -2.18. The number of aromatic nitrogens is 2. The standard InChI is InChI=1S/C16H16BrN3O4S/c1-16(2,3)20-25(21,22)13-9-8-12(23-13)15-18-14(19-24-15)10-6-4-5-7-11(10)17/h4-9,20H,1-3H3. The van der Waals surface area contributed by atoms with E-state index in [0.717, 1.165) is 10.0 Å². The molecule has 0 aliphatic rings. The van der Waals surface area contributed by atoms with Crippen LogP contribution in [0.1, 0.15) is 20.8 Å². The van der Waals surface area contributed by atoms with E-state index in [-0.39, 0.29) is 16.7 Å². The summed E-state index contributed by atoms with van der Waals surface area (Å²) in [5.41, 5.74) is 0.134. The molecule has 0 saturated carbocycles. The van der Waals surface area contributed by atoms with Gasteiger partial charge in [-0.3, -0.25) is 0 Å². The summed E-state index contributed by atoms with van der Waals surface area (Å²) >= 11 is 3.42. The van der Waals surface area contributed by atoms with Crippen molar-refractivity contribution in [3.05, 3.63) is 40.9 Å². The summed E-state index contributed by atoms with van der Waals surface area (Å²) in [6.45, 7) is 5.24. The van der Waals surface area contributed by atoms with Crippen LogP contribution in [0.2, 0.25) is 0 Å². The molecule has 0 aliphatic heterocycles. The van der Waals surface area contributed by atoms with Crippen LogP contribution in [-0.4, -0.2) is 24.1 Å². The van der Waals surface area contributed by atoms with Crippen LogP contribution in [-0.2, 0) is 10.0 Å². The summed E-state index contributed by atoms with van der Waals surface area (Å²) in [6, 6.07) is 10.3. The Balaban J connectivity index is 1.90. The normalized spacial score (nSPS) is 12.5. The second kappa shape index (κ2) is 6.40. The molecule has 1 N–H and O–H groups in total. The minimum absolute atomic E-state index is 0.1000. The van der Waals surface area contributed by atoms with Gasteiger partial charge < -0.3 is 8.94 Å². The van der Waals surface area contributed by atoms with E-state index in [1.807, 2.05) is 24.3 Å². The Hall–Kier alpha value is -1.97. The fraction of sp³-hybridized carbons (Fsp3) is 0.250. The minimum Gasteiger partial charge on any atom is -0.438 e. The van der Waals surface area contributed by atoms with Crippen molar-refractivity contribution in [2.24, 2.45) is 0 Å². The molecule has 0 fully saturated rings. The molecule has 0 radical (unpaired) electrons. The van der Waals surface area contributed by atoms with Crippen molar-refractivity contribution in [3.63, 3.8) is 0 Å². The third kappa shape index (κ3) is 4.00. The van der Waals surface area contributed by atoms with Crippen molar-refractivity contribution in [2.45, 2.75) is 31.4 Å². The zero-order chi connectivity index (χ0) is 18.2. The van der Waals surface area contributed by atoms with E-state index >= 15 is 0 Å². The SMILES string of the molecule is CC(C)(C)NS(=O)(=O)c1ccc(-c2nc(-c3ccccc3Br)no2)o1. The number of nitrogens with one attached hydrogen (secondary N) is 1. The van der Waals surface area contributed by atoms with Gasteiger partial charge in [0.2, 0.25) is 10.9 Å². The molecule has 7 nitrogen and oxygen atoms in total. The Morgan fingerprint density at radius 3 is 2.52 bits per heavy atom. The van der Waals surface area contributed by atoms with Crippen LogP contribution in [0, 0.1) is 0 Å². The molecular weight excluding hydrogens is 410 g/mol. The second-order valence-electron chi connectivity index (χ2n) is 6.38. The highest BCUT2D eigenvalue weighted by Crippen LogP contribution is 2.29. The molecule has 9 heteroatoms. The first-order valence-electron chi connectivity index (χ1n) is 7.38. The van der Waals surface area contributed by atoms with E-state index in [2.05, 4.69) is 30.8 Å². The van der Waals surface area contributed by atoms with Crippen molar-refractivity contribution < 1.29 is 17.4 Å². The molecule has 3 aromatic rings. The molecule has 2 heterocycles.